The number of hydrogen-bond acceptors (Lipinski definition) is 4. The standard InChI is InChI=1S/C16H15ClN2O3S/c17-13-5-3-12(4-6-13)16(20)19(14-2-1-8-18-10-14)15-7-9-23(21,22)11-15/h1-6,8,10,15H,7,9,11H2. The lowest BCUT2D eigenvalue weighted by Crippen LogP contribution is -2.41. The van der Waals surface area contributed by atoms with Crippen LogP contribution >= 0.6 is 11.6 Å². The van der Waals surface area contributed by atoms with Crippen molar-refractivity contribution >= 4 is 33.0 Å². The average Bonchev–Trinajstić information content (AvgIpc) is 2.89. The number of aromatic nitrogens is 1. The van der Waals surface area contributed by atoms with Crippen LogP contribution in [0.4, 0.5) is 5.69 Å². The molecule has 5 nitrogen and oxygen atoms in total. The number of carbonyl (C=O) groups is 1. The zero-order valence-corrected chi connectivity index (χ0v) is 13.8. The number of sulfone groups is 1. The van der Waals surface area contributed by atoms with Gasteiger partial charge in [0.15, 0.2) is 9.84 Å². The van der Waals surface area contributed by atoms with Gasteiger partial charge in [-0.15, -0.1) is 0 Å². The van der Waals surface area contributed by atoms with Crippen molar-refractivity contribution in [1.29, 1.82) is 0 Å². The number of rotatable bonds is 3. The minimum atomic E-state index is -3.11. The molecule has 1 saturated heterocycles. The van der Waals surface area contributed by atoms with E-state index >= 15 is 0 Å². The van der Waals surface area contributed by atoms with Crippen LogP contribution in [-0.2, 0) is 9.84 Å². The molecule has 2 heterocycles. The monoisotopic (exact) mass is 350 g/mol. The van der Waals surface area contributed by atoms with Gasteiger partial charge in [-0.3, -0.25) is 9.78 Å². The fraction of sp³-hybridized carbons (Fsp3) is 0.250. The Hall–Kier alpha value is -1.92. The lowest BCUT2D eigenvalue weighted by Gasteiger charge is -2.28. The molecule has 0 bridgehead atoms. The van der Waals surface area contributed by atoms with Gasteiger partial charge in [0.1, 0.15) is 0 Å². The molecule has 0 aliphatic carbocycles. The van der Waals surface area contributed by atoms with Crippen molar-refractivity contribution < 1.29 is 13.2 Å². The predicted octanol–water partition coefficient (Wildman–Crippen LogP) is 2.57. The van der Waals surface area contributed by atoms with Gasteiger partial charge in [-0.05, 0) is 42.8 Å². The van der Waals surface area contributed by atoms with Gasteiger partial charge in [-0.2, -0.15) is 0 Å². The lowest BCUT2D eigenvalue weighted by molar-refractivity contribution is 0.0979. The normalized spacial score (nSPS) is 19.4. The van der Waals surface area contributed by atoms with Gasteiger partial charge in [0.25, 0.3) is 5.91 Å². The second kappa shape index (κ2) is 6.29. The van der Waals surface area contributed by atoms with Gasteiger partial charge in [0, 0.05) is 16.8 Å². The molecule has 3 rings (SSSR count). The Morgan fingerprint density at radius 2 is 1.96 bits per heavy atom. The summed E-state index contributed by atoms with van der Waals surface area (Å²) in [6.07, 6.45) is 3.61. The molecule has 1 aromatic heterocycles. The van der Waals surface area contributed by atoms with Gasteiger partial charge in [0.05, 0.1) is 29.4 Å². The summed E-state index contributed by atoms with van der Waals surface area (Å²) in [6.45, 7) is 0. The zero-order chi connectivity index (χ0) is 16.4. The second-order valence-corrected chi connectivity index (χ2v) is 8.12. The van der Waals surface area contributed by atoms with Crippen molar-refractivity contribution in [2.24, 2.45) is 0 Å². The minimum Gasteiger partial charge on any atom is -0.303 e. The van der Waals surface area contributed by atoms with Crippen LogP contribution in [0.2, 0.25) is 5.02 Å². The molecule has 1 fully saturated rings. The molecular formula is C16H15ClN2O3S. The third kappa shape index (κ3) is 3.54. The lowest BCUT2D eigenvalue weighted by atomic mass is 10.1. The van der Waals surface area contributed by atoms with E-state index in [1.54, 1.807) is 48.8 Å². The van der Waals surface area contributed by atoms with E-state index in [2.05, 4.69) is 4.98 Å². The Morgan fingerprint density at radius 1 is 1.22 bits per heavy atom. The van der Waals surface area contributed by atoms with Crippen LogP contribution in [0, 0.1) is 0 Å². The van der Waals surface area contributed by atoms with Crippen LogP contribution in [0.15, 0.2) is 48.8 Å². The summed E-state index contributed by atoms with van der Waals surface area (Å²) in [5.41, 5.74) is 1.05. The third-order valence-corrected chi connectivity index (χ3v) is 5.81. The first kappa shape index (κ1) is 16.0. The van der Waals surface area contributed by atoms with Gasteiger partial charge in [-0.1, -0.05) is 11.6 Å². The highest BCUT2D eigenvalue weighted by atomic mass is 35.5. The molecule has 7 heteroatoms. The highest BCUT2D eigenvalue weighted by Crippen LogP contribution is 2.26. The Balaban J connectivity index is 1.98. The van der Waals surface area contributed by atoms with E-state index in [0.717, 1.165) is 0 Å². The van der Waals surface area contributed by atoms with Crippen molar-refractivity contribution in [3.8, 4) is 0 Å². The molecule has 0 spiro atoms. The maximum atomic E-state index is 12.9. The molecule has 1 amide bonds. The number of pyridine rings is 1. The molecule has 0 saturated carbocycles. The van der Waals surface area contributed by atoms with Crippen LogP contribution in [0.5, 0.6) is 0 Å². The number of hydrogen-bond donors (Lipinski definition) is 0. The first-order chi connectivity index (χ1) is 11.0. The number of carbonyl (C=O) groups excluding carboxylic acids is 1. The molecule has 1 aliphatic rings. The van der Waals surface area contributed by atoms with E-state index in [4.69, 9.17) is 11.6 Å². The smallest absolute Gasteiger partial charge is 0.258 e. The Kier molecular flexibility index (Phi) is 4.37. The highest BCUT2D eigenvalue weighted by Gasteiger charge is 2.36. The molecule has 2 aromatic rings. The van der Waals surface area contributed by atoms with E-state index < -0.39 is 9.84 Å². The number of benzene rings is 1. The number of anilines is 1. The summed E-state index contributed by atoms with van der Waals surface area (Å²) in [7, 11) is -3.11. The van der Waals surface area contributed by atoms with Crippen LogP contribution in [0.25, 0.3) is 0 Å². The van der Waals surface area contributed by atoms with Crippen molar-refractivity contribution in [3.05, 3.63) is 59.4 Å². The predicted molar refractivity (Wildman–Crippen MR) is 89.6 cm³/mol. The molecule has 23 heavy (non-hydrogen) atoms. The van der Waals surface area contributed by atoms with Gasteiger partial charge in [0.2, 0.25) is 0 Å². The third-order valence-electron chi connectivity index (χ3n) is 3.81. The maximum absolute atomic E-state index is 12.9. The van der Waals surface area contributed by atoms with E-state index in [0.29, 0.717) is 22.7 Å². The van der Waals surface area contributed by atoms with E-state index in [-0.39, 0.29) is 23.5 Å². The van der Waals surface area contributed by atoms with Crippen molar-refractivity contribution in [3.63, 3.8) is 0 Å². The quantitative estimate of drug-likeness (QED) is 0.853. The fourth-order valence-electron chi connectivity index (χ4n) is 2.70. The molecule has 1 unspecified atom stereocenters. The largest absolute Gasteiger partial charge is 0.303 e. The topological polar surface area (TPSA) is 67.3 Å². The maximum Gasteiger partial charge on any atom is 0.258 e. The van der Waals surface area contributed by atoms with Gasteiger partial charge >= 0.3 is 0 Å². The summed E-state index contributed by atoms with van der Waals surface area (Å²) >= 11 is 5.86. The van der Waals surface area contributed by atoms with Crippen LogP contribution < -0.4 is 4.90 Å². The SMILES string of the molecule is O=C(c1ccc(Cl)cc1)N(c1cccnc1)C1CCS(=O)(=O)C1. The van der Waals surface area contributed by atoms with Crippen LogP contribution in [0.3, 0.4) is 0 Å². The summed E-state index contributed by atoms with van der Waals surface area (Å²) in [4.78, 5) is 18.5. The van der Waals surface area contributed by atoms with Crippen molar-refractivity contribution in [1.82, 2.24) is 4.98 Å². The van der Waals surface area contributed by atoms with E-state index in [9.17, 15) is 13.2 Å². The van der Waals surface area contributed by atoms with Gasteiger partial charge < -0.3 is 4.90 Å². The molecule has 1 atom stereocenters. The number of amides is 1. The number of halogens is 1. The fourth-order valence-corrected chi connectivity index (χ4v) is 4.53. The Labute approximate surface area is 139 Å². The molecule has 1 aliphatic heterocycles. The minimum absolute atomic E-state index is 0.0266. The molecular weight excluding hydrogens is 336 g/mol. The van der Waals surface area contributed by atoms with Gasteiger partial charge in [-0.25, -0.2) is 8.42 Å². The Bertz CT molecular complexity index is 807. The Morgan fingerprint density at radius 3 is 2.52 bits per heavy atom. The molecule has 0 N–H and O–H groups in total. The van der Waals surface area contributed by atoms with Crippen molar-refractivity contribution in [2.75, 3.05) is 16.4 Å². The van der Waals surface area contributed by atoms with E-state index in [1.807, 2.05) is 0 Å². The summed E-state index contributed by atoms with van der Waals surface area (Å²) in [5, 5.41) is 0.540. The highest BCUT2D eigenvalue weighted by molar-refractivity contribution is 7.91. The number of nitrogens with zero attached hydrogens (tertiary/aromatic N) is 2. The van der Waals surface area contributed by atoms with Crippen LogP contribution in [0.1, 0.15) is 16.8 Å². The molecule has 120 valence electrons. The average molecular weight is 351 g/mol. The first-order valence-corrected chi connectivity index (χ1v) is 9.36. The zero-order valence-electron chi connectivity index (χ0n) is 12.2. The molecule has 0 radical (unpaired) electrons. The summed E-state index contributed by atoms with van der Waals surface area (Å²) in [6, 6.07) is 9.65. The van der Waals surface area contributed by atoms with Crippen molar-refractivity contribution in [2.45, 2.75) is 12.5 Å². The first-order valence-electron chi connectivity index (χ1n) is 7.16. The summed E-state index contributed by atoms with van der Waals surface area (Å²) in [5.74, 6) is -0.180. The summed E-state index contributed by atoms with van der Waals surface area (Å²) < 4.78 is 23.6. The second-order valence-electron chi connectivity index (χ2n) is 5.45. The molecule has 1 aromatic carbocycles. The van der Waals surface area contributed by atoms with E-state index in [1.165, 1.54) is 4.90 Å². The van der Waals surface area contributed by atoms with Crippen LogP contribution in [-0.4, -0.2) is 36.9 Å².